The zero-order chi connectivity index (χ0) is 20.2. The molecule has 150 valence electrons. The first-order valence-corrected chi connectivity index (χ1v) is 10.1. The number of amides is 2. The van der Waals surface area contributed by atoms with Crippen molar-refractivity contribution in [2.45, 2.75) is 13.8 Å². The van der Waals surface area contributed by atoms with Crippen molar-refractivity contribution in [1.82, 2.24) is 14.7 Å². The molecule has 0 unspecified atom stereocenters. The fourth-order valence-electron chi connectivity index (χ4n) is 2.94. The van der Waals surface area contributed by atoms with E-state index in [1.165, 1.54) is 5.56 Å². The summed E-state index contributed by atoms with van der Waals surface area (Å²) >= 11 is 0. The van der Waals surface area contributed by atoms with Crippen molar-refractivity contribution in [1.29, 1.82) is 0 Å². The first kappa shape index (κ1) is 21.6. The Kier molecular flexibility index (Phi) is 9.22. The van der Waals surface area contributed by atoms with Crippen LogP contribution in [0.25, 0.3) is 12.3 Å². The predicted octanol–water partition coefficient (Wildman–Crippen LogP) is 3.30. The summed E-state index contributed by atoms with van der Waals surface area (Å²) in [4.78, 5) is 18.0. The van der Waals surface area contributed by atoms with Crippen LogP contribution in [0, 0.1) is 0 Å². The molecule has 28 heavy (non-hydrogen) atoms. The van der Waals surface area contributed by atoms with Gasteiger partial charge in [0.15, 0.2) is 18.6 Å². The zero-order valence-corrected chi connectivity index (χ0v) is 17.4. The van der Waals surface area contributed by atoms with Crippen molar-refractivity contribution in [2.75, 3.05) is 46.3 Å². The van der Waals surface area contributed by atoms with Gasteiger partial charge >= 0.3 is 6.03 Å². The topological polar surface area (TPSA) is 30.7 Å². The molecule has 2 amide bonds. The van der Waals surface area contributed by atoms with Crippen LogP contribution < -0.4 is 4.57 Å². The number of aromatic nitrogens is 1. The number of urea groups is 1. The summed E-state index contributed by atoms with van der Waals surface area (Å²) in [5.74, 6) is 0. The molecule has 1 aromatic heterocycles. The number of hydrogen-bond donors (Lipinski definition) is 0. The van der Waals surface area contributed by atoms with E-state index in [0.29, 0.717) is 0 Å². The van der Waals surface area contributed by atoms with E-state index in [-0.39, 0.29) is 6.03 Å². The van der Waals surface area contributed by atoms with Gasteiger partial charge in [-0.1, -0.05) is 36.4 Å². The summed E-state index contributed by atoms with van der Waals surface area (Å²) in [6.07, 6.45) is 8.15. The molecule has 1 aliphatic rings. The van der Waals surface area contributed by atoms with E-state index in [2.05, 4.69) is 30.2 Å². The summed E-state index contributed by atoms with van der Waals surface area (Å²) < 4.78 is 2.02. The fraction of sp³-hybridized carbons (Fsp3) is 0.391. The molecule has 1 saturated heterocycles. The lowest BCUT2D eigenvalue weighted by Crippen LogP contribution is -2.51. The molecule has 0 N–H and O–H groups in total. The molecule has 5 nitrogen and oxygen atoms in total. The minimum absolute atomic E-state index is 0.197. The molecule has 0 aliphatic carbocycles. The van der Waals surface area contributed by atoms with Crippen LogP contribution in [0.15, 0.2) is 60.9 Å². The van der Waals surface area contributed by atoms with Gasteiger partial charge in [-0.05, 0) is 26.5 Å². The van der Waals surface area contributed by atoms with E-state index in [1.807, 2.05) is 83.2 Å². The number of benzene rings is 1. The Balaban J connectivity index is 0.000000200. The summed E-state index contributed by atoms with van der Waals surface area (Å²) in [5.41, 5.74) is 1.21. The first-order valence-electron chi connectivity index (χ1n) is 10.1. The molecule has 2 aromatic rings. The monoisotopic (exact) mass is 381 g/mol. The molecule has 0 spiro atoms. The molecule has 0 atom stereocenters. The Morgan fingerprint density at radius 1 is 0.964 bits per heavy atom. The van der Waals surface area contributed by atoms with Crippen LogP contribution in [0.2, 0.25) is 0 Å². The fourth-order valence-corrected chi connectivity index (χ4v) is 2.94. The predicted molar refractivity (Wildman–Crippen MR) is 116 cm³/mol. The van der Waals surface area contributed by atoms with E-state index in [9.17, 15) is 4.79 Å². The van der Waals surface area contributed by atoms with Crippen molar-refractivity contribution in [3.8, 4) is 0 Å². The summed E-state index contributed by atoms with van der Waals surface area (Å²) in [6.45, 7) is 9.38. The van der Waals surface area contributed by atoms with Gasteiger partial charge < -0.3 is 14.7 Å². The highest BCUT2D eigenvalue weighted by atomic mass is 16.2. The lowest BCUT2D eigenvalue weighted by molar-refractivity contribution is -0.567. The molecule has 2 heterocycles. The number of carbonyl (C=O) groups is 1. The Hall–Kier alpha value is -2.66. The highest BCUT2D eigenvalue weighted by Crippen LogP contribution is 2.04. The van der Waals surface area contributed by atoms with Crippen molar-refractivity contribution in [3.63, 3.8) is 0 Å². The van der Waals surface area contributed by atoms with Crippen LogP contribution in [-0.4, -0.2) is 67.0 Å². The standard InChI is InChI=1S/C13H12N.C10H21N3O/c1-3-7-13(8-4-1)9-12-14-10-5-2-6-11-14;1-4-12(5-2)10(14)13-8-6-11(3)7-9-13/h1-12H;4-9H2,1-3H3/q+1;/b12-9+;. The molecule has 0 radical (unpaired) electrons. The lowest BCUT2D eigenvalue weighted by atomic mass is 10.2. The summed E-state index contributed by atoms with van der Waals surface area (Å²) in [6, 6.07) is 16.5. The maximum absolute atomic E-state index is 11.9. The molecular weight excluding hydrogens is 348 g/mol. The third-order valence-corrected chi connectivity index (χ3v) is 4.79. The van der Waals surface area contributed by atoms with Gasteiger partial charge in [-0.2, -0.15) is 4.57 Å². The van der Waals surface area contributed by atoms with Crippen molar-refractivity contribution >= 4 is 18.3 Å². The van der Waals surface area contributed by atoms with E-state index >= 15 is 0 Å². The van der Waals surface area contributed by atoms with E-state index < -0.39 is 0 Å². The van der Waals surface area contributed by atoms with Crippen molar-refractivity contribution in [3.05, 3.63) is 66.5 Å². The van der Waals surface area contributed by atoms with Crippen molar-refractivity contribution in [2.24, 2.45) is 0 Å². The first-order chi connectivity index (χ1) is 13.6. The number of pyridine rings is 1. The minimum atomic E-state index is 0.197. The van der Waals surface area contributed by atoms with E-state index in [4.69, 9.17) is 0 Å². The maximum atomic E-state index is 11.9. The number of piperazine rings is 1. The summed E-state index contributed by atoms with van der Waals surface area (Å²) in [5, 5.41) is 0. The van der Waals surface area contributed by atoms with Crippen LogP contribution >= 0.6 is 0 Å². The van der Waals surface area contributed by atoms with Gasteiger partial charge in [0, 0.05) is 57.5 Å². The number of hydrogen-bond acceptors (Lipinski definition) is 2. The third-order valence-electron chi connectivity index (χ3n) is 4.79. The summed E-state index contributed by atoms with van der Waals surface area (Å²) in [7, 11) is 2.10. The molecule has 1 aliphatic heterocycles. The van der Waals surface area contributed by atoms with Gasteiger partial charge in [-0.15, -0.1) is 0 Å². The second kappa shape index (κ2) is 11.9. The van der Waals surface area contributed by atoms with Crippen LogP contribution in [-0.2, 0) is 0 Å². The van der Waals surface area contributed by atoms with Gasteiger partial charge in [-0.3, -0.25) is 0 Å². The van der Waals surface area contributed by atoms with Gasteiger partial charge in [0.1, 0.15) is 0 Å². The van der Waals surface area contributed by atoms with Crippen molar-refractivity contribution < 1.29 is 9.36 Å². The normalized spacial score (nSPS) is 14.5. The van der Waals surface area contributed by atoms with E-state index in [1.54, 1.807) is 0 Å². The molecule has 3 rings (SSSR count). The average Bonchev–Trinajstić information content (AvgIpc) is 2.75. The molecule has 0 saturated carbocycles. The van der Waals surface area contributed by atoms with Gasteiger partial charge in [-0.25, -0.2) is 4.79 Å². The minimum Gasteiger partial charge on any atom is -0.325 e. The third kappa shape index (κ3) is 7.16. The number of likely N-dealkylation sites (N-methyl/N-ethyl adjacent to an activating group) is 1. The zero-order valence-electron chi connectivity index (χ0n) is 17.4. The maximum Gasteiger partial charge on any atom is 0.320 e. The Morgan fingerprint density at radius 3 is 2.11 bits per heavy atom. The highest BCUT2D eigenvalue weighted by Gasteiger charge is 2.21. The van der Waals surface area contributed by atoms with Crippen LogP contribution in [0.1, 0.15) is 19.4 Å². The molecule has 1 aromatic carbocycles. The number of nitrogens with zero attached hydrogens (tertiary/aromatic N) is 4. The van der Waals surface area contributed by atoms with E-state index in [0.717, 1.165) is 39.3 Å². The lowest BCUT2D eigenvalue weighted by Gasteiger charge is -2.35. The van der Waals surface area contributed by atoms with Gasteiger partial charge in [0.25, 0.3) is 0 Å². The molecular formula is C23H33N4O+. The number of carbonyl (C=O) groups excluding carboxylic acids is 1. The highest BCUT2D eigenvalue weighted by molar-refractivity contribution is 5.74. The molecule has 1 fully saturated rings. The Labute approximate surface area is 169 Å². The Morgan fingerprint density at radius 2 is 1.54 bits per heavy atom. The van der Waals surface area contributed by atoms with Gasteiger partial charge in [0.05, 0.1) is 0 Å². The second-order valence-electron chi connectivity index (χ2n) is 6.79. The SMILES string of the molecule is C(=C\[n+]1ccccc1)/c1ccccc1.CCN(CC)C(=O)N1CCN(C)CC1. The quantitative estimate of drug-likeness (QED) is 0.761. The smallest absolute Gasteiger partial charge is 0.320 e. The average molecular weight is 382 g/mol. The molecule has 0 bridgehead atoms. The van der Waals surface area contributed by atoms with Crippen LogP contribution in [0.5, 0.6) is 0 Å². The largest absolute Gasteiger partial charge is 0.325 e. The van der Waals surface area contributed by atoms with Crippen LogP contribution in [0.4, 0.5) is 4.79 Å². The Bertz CT molecular complexity index is 664. The second-order valence-corrected chi connectivity index (χ2v) is 6.79. The van der Waals surface area contributed by atoms with Crippen LogP contribution in [0.3, 0.4) is 0 Å². The van der Waals surface area contributed by atoms with Gasteiger partial charge in [0.2, 0.25) is 0 Å². The number of rotatable bonds is 4. The molecule has 5 heteroatoms.